The normalized spacial score (nSPS) is 9.79. The summed E-state index contributed by atoms with van der Waals surface area (Å²) in [5, 5.41) is 0. The van der Waals surface area contributed by atoms with E-state index >= 15 is 0 Å². The number of hydrogen-bond acceptors (Lipinski definition) is 5. The van der Waals surface area contributed by atoms with E-state index in [1.807, 2.05) is 0 Å². The number of carbonyl (C=O) groups excluding carboxylic acids is 2. The molecule has 0 saturated heterocycles. The van der Waals surface area contributed by atoms with Gasteiger partial charge < -0.3 is 19.9 Å². The van der Waals surface area contributed by atoms with Gasteiger partial charge >= 0.3 is 5.97 Å². The molecule has 0 aliphatic rings. The van der Waals surface area contributed by atoms with Gasteiger partial charge in [-0.05, 0) is 25.1 Å². The van der Waals surface area contributed by atoms with Gasteiger partial charge in [0.05, 0.1) is 26.7 Å². The summed E-state index contributed by atoms with van der Waals surface area (Å²) >= 11 is 0. The monoisotopic (exact) mass is 267 g/mol. The van der Waals surface area contributed by atoms with Crippen LogP contribution in [0.25, 0.3) is 0 Å². The second kappa shape index (κ2) is 7.25. The van der Waals surface area contributed by atoms with Gasteiger partial charge in [0.15, 0.2) is 11.5 Å². The first-order chi connectivity index (χ1) is 9.08. The number of primary amides is 1. The van der Waals surface area contributed by atoms with Crippen molar-refractivity contribution >= 4 is 11.9 Å². The fraction of sp³-hybridized carbons (Fsp3) is 0.385. The molecule has 0 aromatic heterocycles. The lowest BCUT2D eigenvalue weighted by atomic mass is 10.2. The molecule has 1 rings (SSSR count). The molecule has 0 heterocycles. The molecule has 19 heavy (non-hydrogen) atoms. The maximum Gasteiger partial charge on any atom is 0.309 e. The lowest BCUT2D eigenvalue weighted by molar-refractivity contribution is -0.143. The van der Waals surface area contributed by atoms with Crippen molar-refractivity contribution in [3.63, 3.8) is 0 Å². The third-order valence-electron chi connectivity index (χ3n) is 2.32. The Morgan fingerprint density at radius 1 is 1.26 bits per heavy atom. The number of amides is 1. The number of hydrogen-bond donors (Lipinski definition) is 1. The Morgan fingerprint density at radius 3 is 2.58 bits per heavy atom. The number of ether oxygens (including phenoxy) is 3. The number of nitrogens with two attached hydrogens (primary N) is 1. The van der Waals surface area contributed by atoms with E-state index in [4.69, 9.17) is 19.9 Å². The summed E-state index contributed by atoms with van der Waals surface area (Å²) in [5.74, 6) is -0.0384. The van der Waals surface area contributed by atoms with E-state index in [1.165, 1.54) is 19.2 Å². The molecular weight excluding hydrogens is 250 g/mol. The van der Waals surface area contributed by atoms with Crippen LogP contribution in [0, 0.1) is 0 Å². The van der Waals surface area contributed by atoms with Crippen molar-refractivity contribution in [1.29, 1.82) is 0 Å². The molecule has 104 valence electrons. The molecule has 1 aromatic rings. The molecule has 0 aliphatic carbocycles. The molecule has 0 unspecified atom stereocenters. The summed E-state index contributed by atoms with van der Waals surface area (Å²) in [7, 11) is 1.46. The number of esters is 1. The number of rotatable bonds is 7. The van der Waals surface area contributed by atoms with Gasteiger partial charge in [-0.2, -0.15) is 0 Å². The van der Waals surface area contributed by atoms with Crippen LogP contribution < -0.4 is 15.2 Å². The smallest absolute Gasteiger partial charge is 0.309 e. The Labute approximate surface area is 111 Å². The summed E-state index contributed by atoms with van der Waals surface area (Å²) in [6.07, 6.45) is 0.147. The molecule has 1 amide bonds. The number of methoxy groups -OCH3 is 1. The Balaban J connectivity index is 2.63. The van der Waals surface area contributed by atoms with Crippen molar-refractivity contribution in [3.05, 3.63) is 23.8 Å². The minimum Gasteiger partial charge on any atom is -0.493 e. The molecular formula is C13H17NO5. The number of carbonyl (C=O) groups is 2. The fourth-order valence-corrected chi connectivity index (χ4v) is 1.42. The molecule has 0 radical (unpaired) electrons. The van der Waals surface area contributed by atoms with E-state index < -0.39 is 5.91 Å². The van der Waals surface area contributed by atoms with Crippen LogP contribution in [0.3, 0.4) is 0 Å². The van der Waals surface area contributed by atoms with Crippen LogP contribution >= 0.6 is 0 Å². The van der Waals surface area contributed by atoms with Crippen LogP contribution in [0.1, 0.15) is 23.7 Å². The first-order valence-electron chi connectivity index (χ1n) is 5.84. The predicted molar refractivity (Wildman–Crippen MR) is 68.3 cm³/mol. The standard InChI is InChI=1S/C13H17NO5/c1-3-18-12(15)6-7-19-10-5-4-9(13(14)16)8-11(10)17-2/h4-5,8H,3,6-7H2,1-2H3,(H2,14,16). The maximum atomic E-state index is 11.1. The quantitative estimate of drug-likeness (QED) is 0.748. The van der Waals surface area contributed by atoms with Crippen molar-refractivity contribution in [2.24, 2.45) is 5.73 Å². The van der Waals surface area contributed by atoms with Gasteiger partial charge in [0.2, 0.25) is 5.91 Å². The SMILES string of the molecule is CCOC(=O)CCOc1ccc(C(N)=O)cc1OC. The summed E-state index contributed by atoms with van der Waals surface area (Å²) in [6.45, 7) is 2.25. The fourth-order valence-electron chi connectivity index (χ4n) is 1.42. The lowest BCUT2D eigenvalue weighted by Crippen LogP contribution is -2.12. The van der Waals surface area contributed by atoms with E-state index in [0.717, 1.165) is 0 Å². The zero-order valence-corrected chi connectivity index (χ0v) is 11.0. The van der Waals surface area contributed by atoms with E-state index in [1.54, 1.807) is 13.0 Å². The van der Waals surface area contributed by atoms with Gasteiger partial charge in [-0.1, -0.05) is 0 Å². The molecule has 0 bridgehead atoms. The summed E-state index contributed by atoms with van der Waals surface area (Å²) in [5.41, 5.74) is 5.49. The van der Waals surface area contributed by atoms with Crippen LogP contribution in [0.15, 0.2) is 18.2 Å². The highest BCUT2D eigenvalue weighted by Crippen LogP contribution is 2.28. The van der Waals surface area contributed by atoms with Gasteiger partial charge in [-0.3, -0.25) is 9.59 Å². The highest BCUT2D eigenvalue weighted by atomic mass is 16.5. The lowest BCUT2D eigenvalue weighted by Gasteiger charge is -2.11. The van der Waals surface area contributed by atoms with Gasteiger partial charge in [-0.15, -0.1) is 0 Å². The van der Waals surface area contributed by atoms with E-state index in [-0.39, 0.29) is 19.0 Å². The van der Waals surface area contributed by atoms with Crippen molar-refractivity contribution in [2.75, 3.05) is 20.3 Å². The molecule has 0 atom stereocenters. The highest BCUT2D eigenvalue weighted by Gasteiger charge is 2.09. The largest absolute Gasteiger partial charge is 0.493 e. The van der Waals surface area contributed by atoms with Crippen molar-refractivity contribution in [2.45, 2.75) is 13.3 Å². The Morgan fingerprint density at radius 2 is 2.00 bits per heavy atom. The summed E-state index contributed by atoms with van der Waals surface area (Å²) in [4.78, 5) is 22.2. The maximum absolute atomic E-state index is 11.1. The molecule has 6 heteroatoms. The third kappa shape index (κ3) is 4.50. The molecule has 0 spiro atoms. The molecule has 2 N–H and O–H groups in total. The van der Waals surface area contributed by atoms with E-state index in [0.29, 0.717) is 23.7 Å². The first kappa shape index (κ1) is 14.8. The van der Waals surface area contributed by atoms with Gasteiger partial charge in [0.1, 0.15) is 0 Å². The Hall–Kier alpha value is -2.24. The van der Waals surface area contributed by atoms with Crippen LogP contribution in [0.5, 0.6) is 11.5 Å². The van der Waals surface area contributed by atoms with Crippen molar-refractivity contribution in [1.82, 2.24) is 0 Å². The van der Waals surface area contributed by atoms with Crippen LogP contribution in [0.4, 0.5) is 0 Å². The zero-order valence-electron chi connectivity index (χ0n) is 11.0. The van der Waals surface area contributed by atoms with E-state index in [9.17, 15) is 9.59 Å². The van der Waals surface area contributed by atoms with Crippen molar-refractivity contribution < 1.29 is 23.8 Å². The molecule has 1 aromatic carbocycles. The van der Waals surface area contributed by atoms with Crippen LogP contribution in [-0.2, 0) is 9.53 Å². The molecule has 0 saturated carbocycles. The average molecular weight is 267 g/mol. The number of benzene rings is 1. The molecule has 0 fully saturated rings. The van der Waals surface area contributed by atoms with Gasteiger partial charge in [-0.25, -0.2) is 0 Å². The summed E-state index contributed by atoms with van der Waals surface area (Å²) in [6, 6.07) is 4.59. The molecule has 0 aliphatic heterocycles. The third-order valence-corrected chi connectivity index (χ3v) is 2.32. The Kier molecular flexibility index (Phi) is 5.66. The van der Waals surface area contributed by atoms with Gasteiger partial charge in [0, 0.05) is 5.56 Å². The summed E-state index contributed by atoms with van der Waals surface area (Å²) < 4.78 is 15.3. The van der Waals surface area contributed by atoms with Gasteiger partial charge in [0.25, 0.3) is 0 Å². The second-order valence-corrected chi connectivity index (χ2v) is 3.63. The minimum atomic E-state index is -0.545. The Bertz CT molecular complexity index is 458. The molecule has 6 nitrogen and oxygen atoms in total. The highest BCUT2D eigenvalue weighted by molar-refractivity contribution is 5.93. The minimum absolute atomic E-state index is 0.147. The predicted octanol–water partition coefficient (Wildman–Crippen LogP) is 1.13. The topological polar surface area (TPSA) is 87.9 Å². The van der Waals surface area contributed by atoms with Crippen molar-refractivity contribution in [3.8, 4) is 11.5 Å². The van der Waals surface area contributed by atoms with Crippen LogP contribution in [-0.4, -0.2) is 32.2 Å². The second-order valence-electron chi connectivity index (χ2n) is 3.63. The van der Waals surface area contributed by atoms with E-state index in [2.05, 4.69) is 0 Å². The average Bonchev–Trinajstić information content (AvgIpc) is 2.39. The van der Waals surface area contributed by atoms with Crippen LogP contribution in [0.2, 0.25) is 0 Å². The zero-order chi connectivity index (χ0) is 14.3. The first-order valence-corrected chi connectivity index (χ1v) is 5.84.